The number of rotatable bonds is 11. The monoisotopic (exact) mass is 607 g/mol. The molecule has 10 nitrogen and oxygen atoms in total. The number of hydrogen-bond acceptors (Lipinski definition) is 7. The normalized spacial score (nSPS) is 21.6. The molecule has 2 amide bonds. The molecule has 238 valence electrons. The lowest BCUT2D eigenvalue weighted by Gasteiger charge is -2.52. The van der Waals surface area contributed by atoms with Crippen LogP contribution in [0.25, 0.3) is 0 Å². The maximum absolute atomic E-state index is 13.8. The Morgan fingerprint density at radius 1 is 1.00 bits per heavy atom. The van der Waals surface area contributed by atoms with E-state index < -0.39 is 23.2 Å². The molecule has 10 heteroatoms. The van der Waals surface area contributed by atoms with Gasteiger partial charge in [-0.2, -0.15) is 0 Å². The number of amides is 2. The van der Waals surface area contributed by atoms with E-state index in [1.807, 2.05) is 29.2 Å². The van der Waals surface area contributed by atoms with Crippen molar-refractivity contribution in [2.24, 2.45) is 0 Å². The summed E-state index contributed by atoms with van der Waals surface area (Å²) >= 11 is 0. The van der Waals surface area contributed by atoms with Gasteiger partial charge in [-0.1, -0.05) is 44.7 Å². The lowest BCUT2D eigenvalue weighted by molar-refractivity contribution is -0.163. The molecule has 1 atom stereocenters. The maximum Gasteiger partial charge on any atom is 0.339 e. The fourth-order valence-corrected chi connectivity index (χ4v) is 7.00. The van der Waals surface area contributed by atoms with E-state index in [0.717, 1.165) is 37.7 Å². The molecule has 3 N–H and O–H groups in total. The SMILES string of the molecule is CCCCN1C(=O)[C@@H](CC2(O)CCCCC2)NC(=O)C12CCN(Cc1ccc(Oc3ccc(C(=O)O)c(OC)c3)cc1)CC2. The molecular formula is C34H45N3O7. The Labute approximate surface area is 259 Å². The molecule has 0 radical (unpaired) electrons. The van der Waals surface area contributed by atoms with Crippen LogP contribution in [0.3, 0.4) is 0 Å². The number of aliphatic hydroxyl groups is 1. The first-order valence-corrected chi connectivity index (χ1v) is 15.9. The van der Waals surface area contributed by atoms with E-state index in [0.29, 0.717) is 69.8 Å². The molecule has 5 rings (SSSR count). The predicted molar refractivity (Wildman–Crippen MR) is 165 cm³/mol. The number of aromatic carboxylic acids is 1. The summed E-state index contributed by atoms with van der Waals surface area (Å²) in [7, 11) is 1.42. The number of piperidine rings is 1. The number of likely N-dealkylation sites (tertiary alicyclic amines) is 1. The third-order valence-electron chi connectivity index (χ3n) is 9.56. The van der Waals surface area contributed by atoms with Crippen molar-refractivity contribution in [2.75, 3.05) is 26.7 Å². The number of ether oxygens (including phenoxy) is 2. The summed E-state index contributed by atoms with van der Waals surface area (Å²) in [4.78, 5) is 43.1. The molecule has 44 heavy (non-hydrogen) atoms. The van der Waals surface area contributed by atoms with Gasteiger partial charge >= 0.3 is 5.97 Å². The molecule has 2 aromatic carbocycles. The standard InChI is InChI=1S/C34H45N3O7/c1-3-4-18-37-30(38)28(22-33(42)14-6-5-7-15-33)35-32(41)34(37)16-19-36(20-17-34)23-24-8-10-25(11-9-24)44-26-12-13-27(31(39)40)29(21-26)43-2/h8-13,21,28,42H,3-7,14-20,22-23H2,1-2H3,(H,35,41)(H,39,40)/t28-/m1/s1. The van der Waals surface area contributed by atoms with E-state index >= 15 is 0 Å². The van der Waals surface area contributed by atoms with Crippen molar-refractivity contribution in [2.45, 2.75) is 94.9 Å². The molecule has 1 spiro atoms. The Morgan fingerprint density at radius 3 is 2.32 bits per heavy atom. The van der Waals surface area contributed by atoms with Gasteiger partial charge in [0.05, 0.1) is 12.7 Å². The van der Waals surface area contributed by atoms with Gasteiger partial charge in [-0.05, 0) is 61.9 Å². The summed E-state index contributed by atoms with van der Waals surface area (Å²) in [5.41, 5.74) is -0.558. The van der Waals surface area contributed by atoms with Crippen molar-refractivity contribution < 1.29 is 34.1 Å². The number of hydrogen-bond donors (Lipinski definition) is 3. The van der Waals surface area contributed by atoms with Gasteiger partial charge < -0.3 is 29.9 Å². The third-order valence-corrected chi connectivity index (χ3v) is 9.56. The van der Waals surface area contributed by atoms with Crippen LogP contribution in [0.4, 0.5) is 0 Å². The summed E-state index contributed by atoms with van der Waals surface area (Å²) < 4.78 is 11.1. The minimum absolute atomic E-state index is 0.0451. The number of nitrogens with one attached hydrogen (secondary N) is 1. The number of unbranched alkanes of at least 4 members (excludes halogenated alkanes) is 1. The molecular weight excluding hydrogens is 562 g/mol. The van der Waals surface area contributed by atoms with E-state index in [-0.39, 0.29) is 23.1 Å². The molecule has 1 saturated carbocycles. The zero-order valence-corrected chi connectivity index (χ0v) is 25.8. The number of carbonyl (C=O) groups excluding carboxylic acids is 2. The highest BCUT2D eigenvalue weighted by atomic mass is 16.5. The third kappa shape index (κ3) is 6.86. The first-order chi connectivity index (χ1) is 21.2. The van der Waals surface area contributed by atoms with Crippen molar-refractivity contribution >= 4 is 17.8 Å². The van der Waals surface area contributed by atoms with Gasteiger partial charge in [0, 0.05) is 38.7 Å². The molecule has 0 bridgehead atoms. The van der Waals surface area contributed by atoms with Crippen LogP contribution >= 0.6 is 0 Å². The van der Waals surface area contributed by atoms with E-state index in [2.05, 4.69) is 17.1 Å². The summed E-state index contributed by atoms with van der Waals surface area (Å²) in [6.45, 7) is 4.73. The second-order valence-corrected chi connectivity index (χ2v) is 12.6. The number of carboxylic acid groups (broad SMARTS) is 1. The van der Waals surface area contributed by atoms with Crippen LogP contribution in [0.5, 0.6) is 17.2 Å². The molecule has 3 fully saturated rings. The predicted octanol–water partition coefficient (Wildman–Crippen LogP) is 4.73. The average molecular weight is 608 g/mol. The lowest BCUT2D eigenvalue weighted by atomic mass is 9.77. The fourth-order valence-electron chi connectivity index (χ4n) is 7.00. The minimum Gasteiger partial charge on any atom is -0.496 e. The largest absolute Gasteiger partial charge is 0.496 e. The number of methoxy groups -OCH3 is 1. The molecule has 0 unspecified atom stereocenters. The van der Waals surface area contributed by atoms with Crippen LogP contribution in [0, 0.1) is 0 Å². The topological polar surface area (TPSA) is 129 Å². The number of nitrogens with zero attached hydrogens (tertiary/aromatic N) is 2. The smallest absolute Gasteiger partial charge is 0.339 e. The minimum atomic E-state index is -1.07. The summed E-state index contributed by atoms with van der Waals surface area (Å²) in [6.07, 6.45) is 7.59. The quantitative estimate of drug-likeness (QED) is 0.335. The molecule has 3 aliphatic rings. The van der Waals surface area contributed by atoms with Gasteiger partial charge in [-0.25, -0.2) is 4.79 Å². The van der Waals surface area contributed by atoms with Crippen molar-refractivity contribution in [3.05, 3.63) is 53.6 Å². The zero-order valence-electron chi connectivity index (χ0n) is 25.8. The Morgan fingerprint density at radius 2 is 1.68 bits per heavy atom. The highest BCUT2D eigenvalue weighted by molar-refractivity contribution is 6.00. The lowest BCUT2D eigenvalue weighted by Crippen LogP contribution is -2.73. The second kappa shape index (κ2) is 13.6. The van der Waals surface area contributed by atoms with E-state index in [1.54, 1.807) is 12.1 Å². The first kappa shape index (κ1) is 31.8. The van der Waals surface area contributed by atoms with Crippen LogP contribution in [0.1, 0.15) is 87.1 Å². The van der Waals surface area contributed by atoms with Gasteiger partial charge in [-0.15, -0.1) is 0 Å². The molecule has 1 aliphatic carbocycles. The van der Waals surface area contributed by atoms with Crippen molar-refractivity contribution in [1.82, 2.24) is 15.1 Å². The Hall–Kier alpha value is -3.63. The van der Waals surface area contributed by atoms with Crippen molar-refractivity contribution in [1.29, 1.82) is 0 Å². The maximum atomic E-state index is 13.8. The molecule has 2 heterocycles. The molecule has 2 aliphatic heterocycles. The highest BCUT2D eigenvalue weighted by Gasteiger charge is 2.54. The Kier molecular flexibility index (Phi) is 9.80. The number of carboxylic acids is 1. The Bertz CT molecular complexity index is 1330. The van der Waals surface area contributed by atoms with Crippen LogP contribution in [-0.2, 0) is 16.1 Å². The number of benzene rings is 2. The van der Waals surface area contributed by atoms with Gasteiger partial charge in [0.1, 0.15) is 34.4 Å². The number of piperazine rings is 1. The van der Waals surface area contributed by atoms with Crippen molar-refractivity contribution in [3.63, 3.8) is 0 Å². The zero-order chi connectivity index (χ0) is 31.3. The van der Waals surface area contributed by atoms with Gasteiger partial charge in [0.15, 0.2) is 0 Å². The second-order valence-electron chi connectivity index (χ2n) is 12.6. The summed E-state index contributed by atoms with van der Waals surface area (Å²) in [6, 6.07) is 11.7. The Balaban J connectivity index is 1.20. The van der Waals surface area contributed by atoms with Crippen LogP contribution < -0.4 is 14.8 Å². The first-order valence-electron chi connectivity index (χ1n) is 15.9. The van der Waals surface area contributed by atoms with Crippen LogP contribution in [0.2, 0.25) is 0 Å². The fraction of sp³-hybridized carbons (Fsp3) is 0.559. The highest BCUT2D eigenvalue weighted by Crippen LogP contribution is 2.38. The van der Waals surface area contributed by atoms with E-state index in [1.165, 1.54) is 13.2 Å². The molecule has 2 aromatic rings. The van der Waals surface area contributed by atoms with Crippen LogP contribution in [-0.4, -0.2) is 81.7 Å². The van der Waals surface area contributed by atoms with Crippen molar-refractivity contribution in [3.8, 4) is 17.2 Å². The van der Waals surface area contributed by atoms with E-state index in [9.17, 15) is 24.6 Å². The molecule has 2 saturated heterocycles. The van der Waals surface area contributed by atoms with Gasteiger partial charge in [0.25, 0.3) is 0 Å². The summed E-state index contributed by atoms with van der Waals surface area (Å²) in [5.74, 6) is 0.136. The van der Waals surface area contributed by atoms with Gasteiger partial charge in [-0.3, -0.25) is 14.5 Å². The van der Waals surface area contributed by atoms with Crippen LogP contribution in [0.15, 0.2) is 42.5 Å². The van der Waals surface area contributed by atoms with E-state index in [4.69, 9.17) is 9.47 Å². The number of carbonyl (C=O) groups is 3. The molecule has 0 aromatic heterocycles. The average Bonchev–Trinajstić information content (AvgIpc) is 3.02. The van der Waals surface area contributed by atoms with Gasteiger partial charge in [0.2, 0.25) is 11.8 Å². The summed E-state index contributed by atoms with van der Waals surface area (Å²) in [5, 5.41) is 23.5.